The normalized spacial score (nSPS) is 11.0. The van der Waals surface area contributed by atoms with Gasteiger partial charge in [0.25, 0.3) is 6.43 Å². The van der Waals surface area contributed by atoms with Crippen molar-refractivity contribution < 1.29 is 8.78 Å². The average molecular weight is 256 g/mol. The zero-order valence-electron chi connectivity index (χ0n) is 6.19. The number of halogens is 3. The van der Waals surface area contributed by atoms with E-state index in [2.05, 4.69) is 21.2 Å². The Hall–Kier alpha value is -0.000000000000000111. The Morgan fingerprint density at radius 2 is 2.33 bits per heavy atom. The molecule has 0 bridgehead atoms. The van der Waals surface area contributed by atoms with Gasteiger partial charge in [-0.15, -0.1) is 11.3 Å². The highest BCUT2D eigenvalue weighted by Crippen LogP contribution is 2.21. The SMILES string of the molecule is FC(F)CNCc1sccc1Br. The van der Waals surface area contributed by atoms with Crippen molar-refractivity contribution in [2.45, 2.75) is 13.0 Å². The molecule has 68 valence electrons. The van der Waals surface area contributed by atoms with E-state index in [0.717, 1.165) is 9.35 Å². The summed E-state index contributed by atoms with van der Waals surface area (Å²) in [5, 5.41) is 4.58. The maximum absolute atomic E-state index is 11.7. The second kappa shape index (κ2) is 4.89. The van der Waals surface area contributed by atoms with Gasteiger partial charge in [-0.3, -0.25) is 0 Å². The molecule has 5 heteroatoms. The van der Waals surface area contributed by atoms with E-state index in [1.54, 1.807) is 11.3 Å². The first-order chi connectivity index (χ1) is 5.70. The number of hydrogen-bond acceptors (Lipinski definition) is 2. The zero-order chi connectivity index (χ0) is 8.97. The molecule has 0 aliphatic rings. The van der Waals surface area contributed by atoms with Crippen LogP contribution >= 0.6 is 27.3 Å². The predicted molar refractivity (Wildman–Crippen MR) is 49.7 cm³/mol. The second-order valence-corrected chi connectivity index (χ2v) is 4.07. The van der Waals surface area contributed by atoms with Gasteiger partial charge in [0.15, 0.2) is 0 Å². The van der Waals surface area contributed by atoms with E-state index in [-0.39, 0.29) is 6.54 Å². The van der Waals surface area contributed by atoms with Crippen LogP contribution in [0.2, 0.25) is 0 Å². The van der Waals surface area contributed by atoms with Gasteiger partial charge in [-0.1, -0.05) is 0 Å². The average Bonchev–Trinajstić information content (AvgIpc) is 2.36. The van der Waals surface area contributed by atoms with Crippen molar-refractivity contribution in [1.82, 2.24) is 5.32 Å². The quantitative estimate of drug-likeness (QED) is 0.873. The summed E-state index contributed by atoms with van der Waals surface area (Å²) in [6.07, 6.45) is -2.27. The monoisotopic (exact) mass is 255 g/mol. The molecule has 0 spiro atoms. The second-order valence-electron chi connectivity index (χ2n) is 2.21. The molecule has 1 aromatic heterocycles. The van der Waals surface area contributed by atoms with Crippen molar-refractivity contribution in [2.75, 3.05) is 6.54 Å². The minimum Gasteiger partial charge on any atom is -0.306 e. The van der Waals surface area contributed by atoms with Crippen LogP contribution in [0, 0.1) is 0 Å². The lowest BCUT2D eigenvalue weighted by atomic mass is 10.4. The third-order valence-electron chi connectivity index (χ3n) is 1.28. The maximum Gasteiger partial charge on any atom is 0.250 e. The van der Waals surface area contributed by atoms with Crippen molar-refractivity contribution in [2.24, 2.45) is 0 Å². The summed E-state index contributed by atoms with van der Waals surface area (Å²) in [6.45, 7) is 0.257. The minimum atomic E-state index is -2.27. The van der Waals surface area contributed by atoms with Gasteiger partial charge in [-0.2, -0.15) is 0 Å². The van der Waals surface area contributed by atoms with Crippen molar-refractivity contribution in [3.63, 3.8) is 0 Å². The van der Waals surface area contributed by atoms with Crippen LogP contribution in [-0.2, 0) is 6.54 Å². The molecular weight excluding hydrogens is 248 g/mol. The molecule has 0 fully saturated rings. The molecule has 0 unspecified atom stereocenters. The van der Waals surface area contributed by atoms with E-state index in [1.807, 2.05) is 11.4 Å². The van der Waals surface area contributed by atoms with Crippen LogP contribution < -0.4 is 5.32 Å². The highest BCUT2D eigenvalue weighted by atomic mass is 79.9. The van der Waals surface area contributed by atoms with Gasteiger partial charge >= 0.3 is 0 Å². The molecule has 0 saturated heterocycles. The summed E-state index contributed by atoms with van der Waals surface area (Å²) >= 11 is 4.86. The lowest BCUT2D eigenvalue weighted by Crippen LogP contribution is -2.20. The van der Waals surface area contributed by atoms with E-state index < -0.39 is 6.43 Å². The summed E-state index contributed by atoms with van der Waals surface area (Å²) in [6, 6.07) is 1.91. The zero-order valence-corrected chi connectivity index (χ0v) is 8.59. The number of rotatable bonds is 4. The fourth-order valence-corrected chi connectivity index (χ4v) is 2.21. The Kier molecular flexibility index (Phi) is 4.11. The highest BCUT2D eigenvalue weighted by Gasteiger charge is 2.03. The molecule has 1 heterocycles. The number of thiophene rings is 1. The van der Waals surface area contributed by atoms with Crippen LogP contribution in [0.15, 0.2) is 15.9 Å². The highest BCUT2D eigenvalue weighted by molar-refractivity contribution is 9.10. The molecule has 0 aromatic carbocycles. The van der Waals surface area contributed by atoms with Crippen molar-refractivity contribution in [1.29, 1.82) is 0 Å². The summed E-state index contributed by atoms with van der Waals surface area (Å²) in [5.41, 5.74) is 0. The molecule has 0 aliphatic heterocycles. The summed E-state index contributed by atoms with van der Waals surface area (Å²) in [5.74, 6) is 0. The smallest absolute Gasteiger partial charge is 0.250 e. The molecular formula is C7H8BrF2NS. The Morgan fingerprint density at radius 3 is 2.83 bits per heavy atom. The van der Waals surface area contributed by atoms with E-state index in [1.165, 1.54) is 0 Å². The number of hydrogen-bond donors (Lipinski definition) is 1. The molecule has 1 N–H and O–H groups in total. The van der Waals surface area contributed by atoms with E-state index in [9.17, 15) is 8.78 Å². The fourth-order valence-electron chi connectivity index (χ4n) is 0.746. The first-order valence-electron chi connectivity index (χ1n) is 3.41. The van der Waals surface area contributed by atoms with Crippen LogP contribution in [0.4, 0.5) is 8.78 Å². The molecule has 1 aromatic rings. The largest absolute Gasteiger partial charge is 0.306 e. The molecule has 0 aliphatic carbocycles. The lowest BCUT2D eigenvalue weighted by molar-refractivity contribution is 0.145. The van der Waals surface area contributed by atoms with Crippen molar-refractivity contribution in [3.05, 3.63) is 20.8 Å². The van der Waals surface area contributed by atoms with Gasteiger partial charge in [-0.25, -0.2) is 8.78 Å². The van der Waals surface area contributed by atoms with E-state index in [0.29, 0.717) is 6.54 Å². The van der Waals surface area contributed by atoms with Crippen LogP contribution in [0.1, 0.15) is 4.88 Å². The molecule has 1 nitrogen and oxygen atoms in total. The lowest BCUT2D eigenvalue weighted by Gasteiger charge is -2.01. The Bertz CT molecular complexity index is 239. The van der Waals surface area contributed by atoms with Crippen LogP contribution in [-0.4, -0.2) is 13.0 Å². The summed E-state index contributed by atoms with van der Waals surface area (Å²) in [4.78, 5) is 1.05. The molecule has 0 saturated carbocycles. The van der Waals surface area contributed by atoms with E-state index >= 15 is 0 Å². The standard InChI is InChI=1S/C7H8BrF2NS/c8-5-1-2-12-6(5)3-11-4-7(9)10/h1-2,7,11H,3-4H2. The first kappa shape index (κ1) is 10.1. The van der Waals surface area contributed by atoms with Crippen molar-refractivity contribution >= 4 is 27.3 Å². The summed E-state index contributed by atoms with van der Waals surface area (Å²) in [7, 11) is 0. The predicted octanol–water partition coefficient (Wildman–Crippen LogP) is 2.87. The molecule has 0 radical (unpaired) electrons. The first-order valence-corrected chi connectivity index (χ1v) is 5.08. The van der Waals surface area contributed by atoms with Crippen LogP contribution in [0.25, 0.3) is 0 Å². The van der Waals surface area contributed by atoms with Gasteiger partial charge in [0, 0.05) is 15.9 Å². The van der Waals surface area contributed by atoms with Gasteiger partial charge in [0.1, 0.15) is 0 Å². The van der Waals surface area contributed by atoms with E-state index in [4.69, 9.17) is 0 Å². The number of nitrogens with one attached hydrogen (secondary N) is 1. The van der Waals surface area contributed by atoms with Gasteiger partial charge in [-0.05, 0) is 27.4 Å². The molecule has 1 rings (SSSR count). The van der Waals surface area contributed by atoms with Crippen LogP contribution in [0.5, 0.6) is 0 Å². The maximum atomic E-state index is 11.7. The van der Waals surface area contributed by atoms with Crippen LogP contribution in [0.3, 0.4) is 0 Å². The van der Waals surface area contributed by atoms with Crippen molar-refractivity contribution in [3.8, 4) is 0 Å². The topological polar surface area (TPSA) is 12.0 Å². The number of alkyl halides is 2. The summed E-state index contributed by atoms with van der Waals surface area (Å²) < 4.78 is 24.4. The third kappa shape index (κ3) is 3.16. The Labute approximate surface area is 81.9 Å². The fraction of sp³-hybridized carbons (Fsp3) is 0.429. The van der Waals surface area contributed by atoms with Gasteiger partial charge in [0.05, 0.1) is 6.54 Å². The molecule has 12 heavy (non-hydrogen) atoms. The molecule has 0 amide bonds. The minimum absolute atomic E-state index is 0.246. The van der Waals surface area contributed by atoms with Gasteiger partial charge < -0.3 is 5.32 Å². The molecule has 0 atom stereocenters. The third-order valence-corrected chi connectivity index (χ3v) is 3.20. The Morgan fingerprint density at radius 1 is 1.58 bits per heavy atom. The Balaban J connectivity index is 2.29. The van der Waals surface area contributed by atoms with Gasteiger partial charge in [0.2, 0.25) is 0 Å².